The molecule has 1 rings (SSSR count). The number of aromatic nitrogens is 2. The highest BCUT2D eigenvalue weighted by atomic mass is 16.2. The number of hydrogen-bond acceptors (Lipinski definition) is 3. The lowest BCUT2D eigenvalue weighted by molar-refractivity contribution is -0.121. The highest BCUT2D eigenvalue weighted by Gasteiger charge is 2.06. The lowest BCUT2D eigenvalue weighted by Crippen LogP contribution is -2.39. The van der Waals surface area contributed by atoms with Gasteiger partial charge in [0.05, 0.1) is 0 Å². The Labute approximate surface area is 98.9 Å². The van der Waals surface area contributed by atoms with E-state index in [2.05, 4.69) is 5.32 Å². The lowest BCUT2D eigenvalue weighted by Gasteiger charge is -2.07. The molecule has 0 spiro atoms. The molecular formula is C11H17N3O3. The van der Waals surface area contributed by atoms with Gasteiger partial charge >= 0.3 is 5.69 Å². The molecular weight excluding hydrogens is 222 g/mol. The van der Waals surface area contributed by atoms with E-state index in [0.29, 0.717) is 13.1 Å². The summed E-state index contributed by atoms with van der Waals surface area (Å²) in [4.78, 5) is 34.5. The third-order valence-electron chi connectivity index (χ3n) is 2.42. The molecule has 1 aromatic rings. The van der Waals surface area contributed by atoms with Crippen LogP contribution < -0.4 is 16.6 Å². The Morgan fingerprint density at radius 2 is 2.06 bits per heavy atom. The molecule has 17 heavy (non-hydrogen) atoms. The van der Waals surface area contributed by atoms with Crippen molar-refractivity contribution in [3.63, 3.8) is 0 Å². The van der Waals surface area contributed by atoms with Crippen molar-refractivity contribution >= 4 is 5.91 Å². The summed E-state index contributed by atoms with van der Waals surface area (Å²) >= 11 is 0. The van der Waals surface area contributed by atoms with Crippen molar-refractivity contribution in [3.05, 3.63) is 33.1 Å². The van der Waals surface area contributed by atoms with Gasteiger partial charge in [0.25, 0.3) is 5.56 Å². The van der Waals surface area contributed by atoms with Crippen LogP contribution in [0.25, 0.3) is 0 Å². The second-order valence-electron chi connectivity index (χ2n) is 3.58. The minimum absolute atomic E-state index is 0.115. The Hall–Kier alpha value is -1.85. The number of rotatable bonds is 5. The fourth-order valence-electron chi connectivity index (χ4n) is 1.50. The van der Waals surface area contributed by atoms with Crippen LogP contribution in [0, 0.1) is 0 Å². The monoisotopic (exact) mass is 239 g/mol. The maximum Gasteiger partial charge on any atom is 0.330 e. The average molecular weight is 239 g/mol. The van der Waals surface area contributed by atoms with Gasteiger partial charge in [0.15, 0.2) is 0 Å². The predicted molar refractivity (Wildman–Crippen MR) is 63.9 cm³/mol. The van der Waals surface area contributed by atoms with Gasteiger partial charge in [-0.2, -0.15) is 0 Å². The van der Waals surface area contributed by atoms with Gasteiger partial charge in [-0.25, -0.2) is 4.79 Å². The van der Waals surface area contributed by atoms with Crippen molar-refractivity contribution in [3.8, 4) is 0 Å². The molecule has 0 radical (unpaired) electrons. The first kappa shape index (κ1) is 13.2. The summed E-state index contributed by atoms with van der Waals surface area (Å²) in [6.07, 6.45) is 1.60. The summed E-state index contributed by atoms with van der Waals surface area (Å²) in [6, 6.07) is 1.34. The van der Waals surface area contributed by atoms with Crippen LogP contribution in [0.3, 0.4) is 0 Å². The maximum absolute atomic E-state index is 11.8. The third kappa shape index (κ3) is 3.30. The van der Waals surface area contributed by atoms with E-state index in [4.69, 9.17) is 0 Å². The number of carbonyl (C=O) groups excluding carboxylic acids is 1. The smallest absolute Gasteiger partial charge is 0.330 e. The molecule has 1 N–H and O–H groups in total. The Bertz CT molecular complexity index is 501. The second-order valence-corrected chi connectivity index (χ2v) is 3.58. The van der Waals surface area contributed by atoms with E-state index >= 15 is 0 Å². The molecule has 0 bridgehead atoms. The highest BCUT2D eigenvalue weighted by molar-refractivity contribution is 5.75. The van der Waals surface area contributed by atoms with Crippen LogP contribution in [0.15, 0.2) is 21.9 Å². The van der Waals surface area contributed by atoms with Crippen molar-refractivity contribution in [1.82, 2.24) is 14.5 Å². The first-order chi connectivity index (χ1) is 8.10. The first-order valence-electron chi connectivity index (χ1n) is 5.67. The van der Waals surface area contributed by atoms with Crippen LogP contribution in [0.1, 0.15) is 20.3 Å². The summed E-state index contributed by atoms with van der Waals surface area (Å²) in [5.74, 6) is -0.161. The van der Waals surface area contributed by atoms with Crippen LogP contribution >= 0.6 is 0 Å². The normalized spacial score (nSPS) is 10.2. The van der Waals surface area contributed by atoms with E-state index in [1.807, 2.05) is 13.8 Å². The number of nitrogens with zero attached hydrogens (tertiary/aromatic N) is 2. The number of carbonyl (C=O) groups is 1. The molecule has 0 saturated heterocycles. The van der Waals surface area contributed by atoms with Crippen LogP contribution in [0.2, 0.25) is 0 Å². The van der Waals surface area contributed by atoms with E-state index in [-0.39, 0.29) is 30.1 Å². The van der Waals surface area contributed by atoms with Crippen LogP contribution in [-0.4, -0.2) is 21.6 Å². The SMILES string of the molecule is CCNC(=O)CCn1c(=O)ccn(CC)c1=O. The van der Waals surface area contributed by atoms with Crippen LogP contribution in [-0.2, 0) is 17.9 Å². The van der Waals surface area contributed by atoms with Gasteiger partial charge < -0.3 is 9.88 Å². The molecule has 6 nitrogen and oxygen atoms in total. The van der Waals surface area contributed by atoms with Crippen molar-refractivity contribution in [2.45, 2.75) is 33.4 Å². The topological polar surface area (TPSA) is 73.1 Å². The van der Waals surface area contributed by atoms with Crippen LogP contribution in [0.4, 0.5) is 0 Å². The van der Waals surface area contributed by atoms with Crippen LogP contribution in [0.5, 0.6) is 0 Å². The zero-order valence-electron chi connectivity index (χ0n) is 10.1. The van der Waals surface area contributed by atoms with Gasteiger partial charge in [-0.1, -0.05) is 0 Å². The summed E-state index contributed by atoms with van der Waals surface area (Å²) in [5.41, 5.74) is -0.742. The number of nitrogens with one attached hydrogen (secondary N) is 1. The van der Waals surface area contributed by atoms with Crippen molar-refractivity contribution < 1.29 is 4.79 Å². The molecule has 0 aliphatic rings. The predicted octanol–water partition coefficient (Wildman–Crippen LogP) is -0.444. The molecule has 6 heteroatoms. The highest BCUT2D eigenvalue weighted by Crippen LogP contribution is 1.85. The maximum atomic E-state index is 11.8. The molecule has 0 aromatic carbocycles. The lowest BCUT2D eigenvalue weighted by atomic mass is 10.4. The van der Waals surface area contributed by atoms with Gasteiger partial charge in [0.2, 0.25) is 5.91 Å². The summed E-state index contributed by atoms with van der Waals surface area (Å²) < 4.78 is 2.51. The van der Waals surface area contributed by atoms with Gasteiger partial charge in [-0.3, -0.25) is 14.2 Å². The molecule has 0 fully saturated rings. The minimum atomic E-state index is -0.371. The molecule has 0 saturated carbocycles. The Balaban J connectivity index is 2.87. The Kier molecular flexibility index (Phi) is 4.68. The Morgan fingerprint density at radius 1 is 1.35 bits per heavy atom. The molecule has 94 valence electrons. The first-order valence-corrected chi connectivity index (χ1v) is 5.67. The zero-order valence-corrected chi connectivity index (χ0v) is 10.1. The van der Waals surface area contributed by atoms with Gasteiger partial charge in [0.1, 0.15) is 0 Å². The largest absolute Gasteiger partial charge is 0.356 e. The quantitative estimate of drug-likeness (QED) is 0.756. The van der Waals surface area contributed by atoms with Gasteiger partial charge in [0, 0.05) is 38.3 Å². The van der Waals surface area contributed by atoms with E-state index in [1.165, 1.54) is 16.8 Å². The average Bonchev–Trinajstić information content (AvgIpc) is 2.29. The molecule has 1 amide bonds. The van der Waals surface area contributed by atoms with Crippen molar-refractivity contribution in [2.75, 3.05) is 6.54 Å². The van der Waals surface area contributed by atoms with Crippen molar-refractivity contribution in [2.24, 2.45) is 0 Å². The van der Waals surface area contributed by atoms with Gasteiger partial charge in [-0.05, 0) is 13.8 Å². The molecule has 0 atom stereocenters. The van der Waals surface area contributed by atoms with Gasteiger partial charge in [-0.15, -0.1) is 0 Å². The molecule has 0 aliphatic carbocycles. The number of hydrogen-bond donors (Lipinski definition) is 1. The summed E-state index contributed by atoms with van der Waals surface area (Å²) in [5, 5.41) is 2.62. The van der Waals surface area contributed by atoms with E-state index in [1.54, 1.807) is 0 Å². The van der Waals surface area contributed by atoms with Crippen molar-refractivity contribution in [1.29, 1.82) is 0 Å². The zero-order chi connectivity index (χ0) is 12.8. The second kappa shape index (κ2) is 6.03. The summed E-state index contributed by atoms with van der Waals surface area (Å²) in [7, 11) is 0. The minimum Gasteiger partial charge on any atom is -0.356 e. The van der Waals surface area contributed by atoms with E-state index in [9.17, 15) is 14.4 Å². The van der Waals surface area contributed by atoms with E-state index < -0.39 is 0 Å². The standard InChI is InChI=1S/C11H17N3O3/c1-3-12-9(15)5-8-14-10(16)6-7-13(4-2)11(14)17/h6-7H,3-5,8H2,1-2H3,(H,12,15). The Morgan fingerprint density at radius 3 is 2.65 bits per heavy atom. The van der Waals surface area contributed by atoms with E-state index in [0.717, 1.165) is 4.57 Å². The number of aryl methyl sites for hydroxylation is 1. The molecule has 1 aromatic heterocycles. The molecule has 1 heterocycles. The molecule has 0 unspecified atom stereocenters. The number of amides is 1. The third-order valence-corrected chi connectivity index (χ3v) is 2.42. The summed E-state index contributed by atoms with van der Waals surface area (Å²) in [6.45, 7) is 4.79. The fraction of sp³-hybridized carbons (Fsp3) is 0.545. The molecule has 0 aliphatic heterocycles. The fourth-order valence-corrected chi connectivity index (χ4v) is 1.50.